The highest BCUT2D eigenvalue weighted by atomic mass is 35.5. The molecule has 0 N–H and O–H groups in total. The second-order valence-corrected chi connectivity index (χ2v) is 7.82. The van der Waals surface area contributed by atoms with Gasteiger partial charge in [0.1, 0.15) is 5.75 Å². The van der Waals surface area contributed by atoms with Crippen molar-refractivity contribution in [2.24, 2.45) is 11.8 Å². The summed E-state index contributed by atoms with van der Waals surface area (Å²) in [5, 5.41) is 0.157. The third-order valence-corrected chi connectivity index (χ3v) is 5.72. The third-order valence-electron chi connectivity index (χ3n) is 5.11. The Labute approximate surface area is 127 Å². The minimum Gasteiger partial charge on any atom is -0.492 e. The quantitative estimate of drug-likeness (QED) is 0.657. The summed E-state index contributed by atoms with van der Waals surface area (Å²) in [6.07, 6.45) is 5.19. The van der Waals surface area contributed by atoms with Gasteiger partial charge < -0.3 is 4.74 Å². The molecule has 2 aliphatic rings. The molecule has 1 saturated carbocycles. The first-order valence-electron chi connectivity index (χ1n) is 7.88. The molecular weight excluding hydrogens is 268 g/mol. The zero-order valence-corrected chi connectivity index (χ0v) is 13.5. The van der Waals surface area contributed by atoms with Crippen molar-refractivity contribution in [1.29, 1.82) is 0 Å². The summed E-state index contributed by atoms with van der Waals surface area (Å²) in [6, 6.07) is 6.56. The van der Waals surface area contributed by atoms with E-state index in [4.69, 9.17) is 16.3 Å². The predicted molar refractivity (Wildman–Crippen MR) is 84.7 cm³/mol. The first-order chi connectivity index (χ1) is 9.47. The number of fused-ring (bicyclic) bond motifs is 1. The first-order valence-corrected chi connectivity index (χ1v) is 8.32. The molecule has 3 rings (SSSR count). The number of hydrogen-bond acceptors (Lipinski definition) is 1. The molecule has 1 fully saturated rings. The maximum Gasteiger partial charge on any atom is 0.123 e. The molecule has 0 bridgehead atoms. The van der Waals surface area contributed by atoms with Crippen LogP contribution in [0.15, 0.2) is 18.2 Å². The Hall–Kier alpha value is -0.690. The molecule has 0 radical (unpaired) electrons. The zero-order valence-electron chi connectivity index (χ0n) is 12.8. The van der Waals surface area contributed by atoms with Gasteiger partial charge in [0, 0.05) is 11.0 Å². The lowest BCUT2D eigenvalue weighted by Crippen LogP contribution is -2.19. The Balaban J connectivity index is 1.81. The van der Waals surface area contributed by atoms with Gasteiger partial charge in [0.25, 0.3) is 0 Å². The SMILES string of the molecule is CC1CCC(C(Cl)c2ccc3c(c2)C(C)(C)CO3)CC1. The Morgan fingerprint density at radius 3 is 2.60 bits per heavy atom. The van der Waals surface area contributed by atoms with E-state index in [1.165, 1.54) is 36.8 Å². The molecule has 2 heteroatoms. The van der Waals surface area contributed by atoms with Crippen LogP contribution in [0.5, 0.6) is 5.75 Å². The van der Waals surface area contributed by atoms with Gasteiger partial charge >= 0.3 is 0 Å². The summed E-state index contributed by atoms with van der Waals surface area (Å²) >= 11 is 6.79. The normalized spacial score (nSPS) is 29.6. The van der Waals surface area contributed by atoms with Crippen LogP contribution in [0, 0.1) is 11.8 Å². The van der Waals surface area contributed by atoms with Gasteiger partial charge in [0.2, 0.25) is 0 Å². The van der Waals surface area contributed by atoms with Gasteiger partial charge in [-0.3, -0.25) is 0 Å². The first kappa shape index (κ1) is 14.3. The van der Waals surface area contributed by atoms with Crippen molar-refractivity contribution in [2.45, 2.75) is 57.2 Å². The van der Waals surface area contributed by atoms with Crippen molar-refractivity contribution in [1.82, 2.24) is 0 Å². The van der Waals surface area contributed by atoms with E-state index in [1.54, 1.807) is 0 Å². The number of benzene rings is 1. The molecule has 1 atom stereocenters. The maximum atomic E-state index is 6.79. The average Bonchev–Trinajstić information content (AvgIpc) is 2.74. The smallest absolute Gasteiger partial charge is 0.123 e. The second kappa shape index (κ2) is 5.26. The van der Waals surface area contributed by atoms with Crippen LogP contribution in [-0.2, 0) is 5.41 Å². The van der Waals surface area contributed by atoms with Gasteiger partial charge in [-0.2, -0.15) is 0 Å². The molecule has 1 aromatic carbocycles. The molecule has 0 spiro atoms. The number of rotatable bonds is 2. The van der Waals surface area contributed by atoms with E-state index in [2.05, 4.69) is 39.0 Å². The summed E-state index contributed by atoms with van der Waals surface area (Å²) in [6.45, 7) is 7.62. The average molecular weight is 293 g/mol. The standard InChI is InChI=1S/C18H25ClO/c1-12-4-6-13(7-5-12)17(19)14-8-9-16-15(10-14)18(2,3)11-20-16/h8-10,12-13,17H,4-7,11H2,1-3H3. The van der Waals surface area contributed by atoms with E-state index in [-0.39, 0.29) is 10.8 Å². The Morgan fingerprint density at radius 1 is 1.20 bits per heavy atom. The molecule has 110 valence electrons. The van der Waals surface area contributed by atoms with Gasteiger partial charge in [-0.15, -0.1) is 11.6 Å². The number of hydrogen-bond donors (Lipinski definition) is 0. The lowest BCUT2D eigenvalue weighted by molar-refractivity contribution is 0.283. The predicted octanol–water partition coefficient (Wildman–Crippen LogP) is 5.46. The van der Waals surface area contributed by atoms with Crippen molar-refractivity contribution in [3.8, 4) is 5.75 Å². The van der Waals surface area contributed by atoms with E-state index in [0.29, 0.717) is 5.92 Å². The van der Waals surface area contributed by atoms with E-state index >= 15 is 0 Å². The fourth-order valence-corrected chi connectivity index (χ4v) is 3.95. The highest BCUT2D eigenvalue weighted by molar-refractivity contribution is 6.21. The van der Waals surface area contributed by atoms with Gasteiger partial charge in [-0.05, 0) is 42.4 Å². The van der Waals surface area contributed by atoms with Crippen LogP contribution in [-0.4, -0.2) is 6.61 Å². The van der Waals surface area contributed by atoms with Crippen LogP contribution in [0.3, 0.4) is 0 Å². The van der Waals surface area contributed by atoms with E-state index in [9.17, 15) is 0 Å². The Kier molecular flexibility index (Phi) is 3.75. The monoisotopic (exact) mass is 292 g/mol. The summed E-state index contributed by atoms with van der Waals surface area (Å²) in [5.74, 6) is 2.55. The number of ether oxygens (including phenoxy) is 1. The summed E-state index contributed by atoms with van der Waals surface area (Å²) in [7, 11) is 0. The van der Waals surface area contributed by atoms with Crippen LogP contribution < -0.4 is 4.74 Å². The van der Waals surface area contributed by atoms with E-state index in [1.807, 2.05) is 0 Å². The molecule has 0 saturated heterocycles. The molecule has 1 aliphatic carbocycles. The topological polar surface area (TPSA) is 9.23 Å². The highest BCUT2D eigenvalue weighted by Crippen LogP contribution is 2.44. The summed E-state index contributed by atoms with van der Waals surface area (Å²) in [4.78, 5) is 0. The van der Waals surface area contributed by atoms with Gasteiger partial charge in [0.05, 0.1) is 12.0 Å². The van der Waals surface area contributed by atoms with E-state index in [0.717, 1.165) is 18.3 Å². The Morgan fingerprint density at radius 2 is 1.90 bits per heavy atom. The summed E-state index contributed by atoms with van der Waals surface area (Å²) in [5.41, 5.74) is 2.72. The third kappa shape index (κ3) is 2.57. The van der Waals surface area contributed by atoms with Crippen LogP contribution in [0.2, 0.25) is 0 Å². The van der Waals surface area contributed by atoms with Crippen LogP contribution in [0.4, 0.5) is 0 Å². The molecule has 0 aromatic heterocycles. The van der Waals surface area contributed by atoms with Gasteiger partial charge in [-0.1, -0.05) is 39.7 Å². The van der Waals surface area contributed by atoms with Crippen molar-refractivity contribution >= 4 is 11.6 Å². The van der Waals surface area contributed by atoms with Crippen LogP contribution in [0.1, 0.15) is 63.0 Å². The number of halogens is 1. The largest absolute Gasteiger partial charge is 0.492 e. The molecule has 1 aromatic rings. The number of alkyl halides is 1. The molecule has 1 aliphatic heterocycles. The molecule has 1 nitrogen and oxygen atoms in total. The van der Waals surface area contributed by atoms with Crippen LogP contribution >= 0.6 is 11.6 Å². The van der Waals surface area contributed by atoms with Crippen molar-refractivity contribution in [3.05, 3.63) is 29.3 Å². The lowest BCUT2D eigenvalue weighted by atomic mass is 9.79. The fourth-order valence-electron chi connectivity index (χ4n) is 3.56. The van der Waals surface area contributed by atoms with Crippen molar-refractivity contribution in [2.75, 3.05) is 6.61 Å². The van der Waals surface area contributed by atoms with Crippen molar-refractivity contribution in [3.63, 3.8) is 0 Å². The van der Waals surface area contributed by atoms with Gasteiger partial charge in [-0.25, -0.2) is 0 Å². The summed E-state index contributed by atoms with van der Waals surface area (Å²) < 4.78 is 5.76. The minimum atomic E-state index is 0.114. The molecule has 0 amide bonds. The zero-order chi connectivity index (χ0) is 14.3. The lowest BCUT2D eigenvalue weighted by Gasteiger charge is -2.30. The van der Waals surface area contributed by atoms with Gasteiger partial charge in [0.15, 0.2) is 0 Å². The maximum absolute atomic E-state index is 6.79. The molecular formula is C18H25ClO. The van der Waals surface area contributed by atoms with Crippen molar-refractivity contribution < 1.29 is 4.74 Å². The molecule has 20 heavy (non-hydrogen) atoms. The highest BCUT2D eigenvalue weighted by Gasteiger charge is 2.33. The van der Waals surface area contributed by atoms with Crippen LogP contribution in [0.25, 0.3) is 0 Å². The minimum absolute atomic E-state index is 0.114. The fraction of sp³-hybridized carbons (Fsp3) is 0.667. The Bertz CT molecular complexity index is 486. The second-order valence-electron chi connectivity index (χ2n) is 7.35. The molecule has 1 heterocycles. The molecule has 1 unspecified atom stereocenters. The van der Waals surface area contributed by atoms with E-state index < -0.39 is 0 Å².